The van der Waals surface area contributed by atoms with Crippen LogP contribution >= 0.6 is 0 Å². The van der Waals surface area contributed by atoms with E-state index >= 15 is 0 Å². The van der Waals surface area contributed by atoms with Crippen molar-refractivity contribution < 1.29 is 9.47 Å². The molecule has 0 aromatic rings. The minimum absolute atomic E-state index is 0.564. The first kappa shape index (κ1) is 12.3. The molecule has 0 atom stereocenters. The molecule has 88 valence electrons. The van der Waals surface area contributed by atoms with Gasteiger partial charge in [0.05, 0.1) is 13.2 Å². The molecule has 0 heterocycles. The van der Waals surface area contributed by atoms with E-state index in [4.69, 9.17) is 15.2 Å². The highest BCUT2D eigenvalue weighted by Gasteiger charge is 2.21. The summed E-state index contributed by atoms with van der Waals surface area (Å²) in [6.45, 7) is 2.73. The van der Waals surface area contributed by atoms with Crippen LogP contribution in [0.5, 0.6) is 0 Å². The van der Waals surface area contributed by atoms with Crippen molar-refractivity contribution in [2.75, 3.05) is 33.5 Å². The van der Waals surface area contributed by atoms with Crippen molar-refractivity contribution in [2.45, 2.75) is 25.3 Å². The van der Waals surface area contributed by atoms with Crippen molar-refractivity contribution in [3.8, 4) is 0 Å². The normalized spacial score (nSPS) is 16.7. The van der Waals surface area contributed by atoms with Crippen LogP contribution in [-0.4, -0.2) is 45.5 Å². The summed E-state index contributed by atoms with van der Waals surface area (Å²) in [6, 6.07) is 0.576. The van der Waals surface area contributed by atoms with Crippen LogP contribution in [0, 0.1) is 0 Å². The standard InChI is InChI=1S/C10H21N3O2/c1-14-7-8-15-6-2-5-12-10(11)13-9-3-4-9/h9H,2-8H2,1H3,(H3,11,12,13). The monoisotopic (exact) mass is 215 g/mol. The zero-order valence-corrected chi connectivity index (χ0v) is 9.37. The van der Waals surface area contributed by atoms with Gasteiger partial charge in [-0.15, -0.1) is 0 Å². The Morgan fingerprint density at radius 2 is 2.20 bits per heavy atom. The Morgan fingerprint density at radius 1 is 1.40 bits per heavy atom. The molecule has 0 bridgehead atoms. The highest BCUT2D eigenvalue weighted by molar-refractivity contribution is 5.78. The third-order valence-electron chi connectivity index (χ3n) is 2.09. The molecule has 0 aliphatic heterocycles. The van der Waals surface area contributed by atoms with Crippen LogP contribution in [0.2, 0.25) is 0 Å². The zero-order valence-electron chi connectivity index (χ0n) is 9.37. The number of rotatable bonds is 8. The van der Waals surface area contributed by atoms with E-state index < -0.39 is 0 Å². The lowest BCUT2D eigenvalue weighted by molar-refractivity contribution is 0.0702. The zero-order chi connectivity index (χ0) is 10.9. The van der Waals surface area contributed by atoms with Gasteiger partial charge in [0.2, 0.25) is 0 Å². The molecular formula is C10H21N3O2. The summed E-state index contributed by atoms with van der Waals surface area (Å²) < 4.78 is 10.1. The molecule has 1 saturated carbocycles. The van der Waals surface area contributed by atoms with E-state index in [-0.39, 0.29) is 0 Å². The van der Waals surface area contributed by atoms with Gasteiger partial charge in [-0.2, -0.15) is 0 Å². The summed E-state index contributed by atoms with van der Waals surface area (Å²) in [5.74, 6) is 0.564. The quantitative estimate of drug-likeness (QED) is 0.342. The van der Waals surface area contributed by atoms with E-state index in [1.807, 2.05) is 0 Å². The molecule has 0 unspecified atom stereocenters. The Kier molecular flexibility index (Phi) is 6.11. The topological polar surface area (TPSA) is 68.9 Å². The number of hydrogen-bond donors (Lipinski definition) is 2. The predicted octanol–water partition coefficient (Wildman–Crippen LogP) is 0.106. The Hall–Kier alpha value is -0.810. The molecule has 0 amide bonds. The summed E-state index contributed by atoms with van der Waals surface area (Å²) in [6.07, 6.45) is 3.34. The molecule has 1 fully saturated rings. The number of nitrogens with one attached hydrogen (secondary N) is 1. The first-order valence-corrected chi connectivity index (χ1v) is 5.46. The Labute approximate surface area is 91.0 Å². The Balaban J connectivity index is 1.86. The van der Waals surface area contributed by atoms with Crippen LogP contribution < -0.4 is 11.1 Å². The lowest BCUT2D eigenvalue weighted by Crippen LogP contribution is -2.33. The summed E-state index contributed by atoms with van der Waals surface area (Å²) in [4.78, 5) is 4.19. The van der Waals surface area contributed by atoms with E-state index in [1.54, 1.807) is 7.11 Å². The highest BCUT2D eigenvalue weighted by Crippen LogP contribution is 2.17. The molecule has 5 nitrogen and oxygen atoms in total. The van der Waals surface area contributed by atoms with Crippen molar-refractivity contribution in [2.24, 2.45) is 10.7 Å². The van der Waals surface area contributed by atoms with E-state index in [9.17, 15) is 0 Å². The summed E-state index contributed by atoms with van der Waals surface area (Å²) >= 11 is 0. The molecule has 1 rings (SSSR count). The minimum Gasteiger partial charge on any atom is -0.382 e. The van der Waals surface area contributed by atoms with Crippen molar-refractivity contribution in [3.05, 3.63) is 0 Å². The van der Waals surface area contributed by atoms with Gasteiger partial charge < -0.3 is 20.5 Å². The second-order valence-electron chi connectivity index (χ2n) is 3.64. The molecular weight excluding hydrogens is 194 g/mol. The van der Waals surface area contributed by atoms with Gasteiger partial charge >= 0.3 is 0 Å². The van der Waals surface area contributed by atoms with Gasteiger partial charge in [-0.1, -0.05) is 0 Å². The maximum Gasteiger partial charge on any atom is 0.188 e. The SMILES string of the molecule is COCCOCCCN=C(N)NC1CC1. The van der Waals surface area contributed by atoms with Crippen LogP contribution in [0.1, 0.15) is 19.3 Å². The third kappa shape index (κ3) is 7.16. The van der Waals surface area contributed by atoms with Crippen molar-refractivity contribution in [3.63, 3.8) is 0 Å². The molecule has 15 heavy (non-hydrogen) atoms. The fourth-order valence-corrected chi connectivity index (χ4v) is 1.09. The number of guanidine groups is 1. The molecule has 1 aliphatic carbocycles. The van der Waals surface area contributed by atoms with Crippen molar-refractivity contribution >= 4 is 5.96 Å². The van der Waals surface area contributed by atoms with E-state index in [2.05, 4.69) is 10.3 Å². The van der Waals surface area contributed by atoms with Crippen molar-refractivity contribution in [1.82, 2.24) is 5.32 Å². The van der Waals surface area contributed by atoms with Crippen LogP contribution in [0.4, 0.5) is 0 Å². The van der Waals surface area contributed by atoms with Gasteiger partial charge in [-0.05, 0) is 19.3 Å². The van der Waals surface area contributed by atoms with Gasteiger partial charge in [0.25, 0.3) is 0 Å². The number of methoxy groups -OCH3 is 1. The van der Waals surface area contributed by atoms with Crippen LogP contribution in [0.3, 0.4) is 0 Å². The molecule has 0 spiro atoms. The lowest BCUT2D eigenvalue weighted by Gasteiger charge is -2.03. The molecule has 3 N–H and O–H groups in total. The van der Waals surface area contributed by atoms with Gasteiger partial charge in [-0.3, -0.25) is 4.99 Å². The smallest absolute Gasteiger partial charge is 0.188 e. The van der Waals surface area contributed by atoms with E-state index in [0.29, 0.717) is 31.8 Å². The van der Waals surface area contributed by atoms with Crippen LogP contribution in [0.25, 0.3) is 0 Å². The maximum absolute atomic E-state index is 5.66. The molecule has 0 aromatic carbocycles. The molecule has 0 saturated heterocycles. The van der Waals surface area contributed by atoms with Crippen LogP contribution in [0.15, 0.2) is 4.99 Å². The average molecular weight is 215 g/mol. The summed E-state index contributed by atoms with van der Waals surface area (Å²) in [5.41, 5.74) is 5.66. The average Bonchev–Trinajstić information content (AvgIpc) is 3.00. The summed E-state index contributed by atoms with van der Waals surface area (Å²) in [7, 11) is 1.66. The fraction of sp³-hybridized carbons (Fsp3) is 0.900. The lowest BCUT2D eigenvalue weighted by atomic mass is 10.4. The second kappa shape index (κ2) is 7.48. The molecule has 0 radical (unpaired) electrons. The van der Waals surface area contributed by atoms with Gasteiger partial charge in [0, 0.05) is 26.3 Å². The first-order chi connectivity index (χ1) is 7.33. The predicted molar refractivity (Wildman–Crippen MR) is 60.0 cm³/mol. The third-order valence-corrected chi connectivity index (χ3v) is 2.09. The Bertz CT molecular complexity index is 193. The maximum atomic E-state index is 5.66. The van der Waals surface area contributed by atoms with Gasteiger partial charge in [0.15, 0.2) is 5.96 Å². The number of hydrogen-bond acceptors (Lipinski definition) is 3. The molecule has 0 aromatic heterocycles. The van der Waals surface area contributed by atoms with Crippen molar-refractivity contribution in [1.29, 1.82) is 0 Å². The van der Waals surface area contributed by atoms with E-state index in [0.717, 1.165) is 13.0 Å². The van der Waals surface area contributed by atoms with Gasteiger partial charge in [0.1, 0.15) is 0 Å². The fourth-order valence-electron chi connectivity index (χ4n) is 1.09. The largest absolute Gasteiger partial charge is 0.382 e. The molecule has 5 heteroatoms. The van der Waals surface area contributed by atoms with E-state index in [1.165, 1.54) is 12.8 Å². The summed E-state index contributed by atoms with van der Waals surface area (Å²) in [5, 5.41) is 3.13. The number of nitrogens with two attached hydrogens (primary N) is 1. The number of nitrogens with zero attached hydrogens (tertiary/aromatic N) is 1. The number of ether oxygens (including phenoxy) is 2. The second-order valence-corrected chi connectivity index (χ2v) is 3.64. The van der Waals surface area contributed by atoms with Gasteiger partial charge in [-0.25, -0.2) is 0 Å². The Morgan fingerprint density at radius 3 is 2.87 bits per heavy atom. The number of aliphatic imine (C=N–C) groups is 1. The molecule has 1 aliphatic rings. The minimum atomic E-state index is 0.564. The highest BCUT2D eigenvalue weighted by atomic mass is 16.5. The first-order valence-electron chi connectivity index (χ1n) is 5.46. The van der Waals surface area contributed by atoms with Crippen LogP contribution in [-0.2, 0) is 9.47 Å².